The molecule has 0 fully saturated rings. The van der Waals surface area contributed by atoms with Crippen molar-refractivity contribution in [2.24, 2.45) is 0 Å². The van der Waals surface area contributed by atoms with Crippen molar-refractivity contribution in [3.63, 3.8) is 0 Å². The Kier molecular flexibility index (Phi) is 8.92. The van der Waals surface area contributed by atoms with E-state index in [1.54, 1.807) is 47.0 Å². The number of fused-ring (bicyclic) bond motifs is 1. The van der Waals surface area contributed by atoms with Crippen LogP contribution in [0.4, 0.5) is 5.69 Å². The van der Waals surface area contributed by atoms with Gasteiger partial charge in [-0.2, -0.15) is 9.57 Å². The van der Waals surface area contributed by atoms with E-state index in [2.05, 4.69) is 20.9 Å². The maximum absolute atomic E-state index is 14.2. The molecule has 0 radical (unpaired) electrons. The number of sulfonamides is 1. The van der Waals surface area contributed by atoms with Gasteiger partial charge < -0.3 is 14.6 Å². The fourth-order valence-corrected chi connectivity index (χ4v) is 6.57. The molecule has 0 bridgehead atoms. The van der Waals surface area contributed by atoms with Gasteiger partial charge in [0.15, 0.2) is 0 Å². The fraction of sp³-hybridized carbons (Fsp3) is 0.241. The topological polar surface area (TPSA) is 102 Å². The van der Waals surface area contributed by atoms with Crippen LogP contribution >= 0.6 is 12.4 Å². The number of nitriles is 1. The third kappa shape index (κ3) is 6.09. The van der Waals surface area contributed by atoms with Gasteiger partial charge >= 0.3 is 0 Å². The molecule has 0 spiro atoms. The highest BCUT2D eigenvalue weighted by Gasteiger charge is 2.37. The normalized spacial score (nSPS) is 14.8. The molecule has 1 aromatic heterocycles. The highest BCUT2D eigenvalue weighted by molar-refractivity contribution is 7.89. The Morgan fingerprint density at radius 1 is 1.13 bits per heavy atom. The van der Waals surface area contributed by atoms with Gasteiger partial charge in [-0.3, -0.25) is 0 Å². The van der Waals surface area contributed by atoms with Gasteiger partial charge in [0.2, 0.25) is 10.0 Å². The van der Waals surface area contributed by atoms with E-state index < -0.39 is 16.1 Å². The zero-order valence-electron chi connectivity index (χ0n) is 21.5. The van der Waals surface area contributed by atoms with Crippen LogP contribution in [0.5, 0.6) is 5.75 Å². The third-order valence-electron chi connectivity index (χ3n) is 6.70. The molecule has 8 nitrogen and oxygen atoms in total. The van der Waals surface area contributed by atoms with E-state index in [1.165, 1.54) is 0 Å². The van der Waals surface area contributed by atoms with Gasteiger partial charge in [-0.1, -0.05) is 36.4 Å². The van der Waals surface area contributed by atoms with E-state index in [9.17, 15) is 13.7 Å². The van der Waals surface area contributed by atoms with Crippen LogP contribution in [0.2, 0.25) is 0 Å². The summed E-state index contributed by atoms with van der Waals surface area (Å²) < 4.78 is 35.7. The SMILES string of the molecule is CCOc1ccccc1CN(C1Cc2cc(C#N)ccc2N(Cc2c[nH]cn2)C1)S(=O)(=O)c1ccccc1.Cl. The quantitative estimate of drug-likeness (QED) is 0.310. The second-order valence-electron chi connectivity index (χ2n) is 9.16. The molecular weight excluding hydrogens is 534 g/mol. The summed E-state index contributed by atoms with van der Waals surface area (Å²) in [7, 11) is -3.87. The monoisotopic (exact) mass is 563 g/mol. The number of nitrogens with zero attached hydrogens (tertiary/aromatic N) is 4. The molecule has 10 heteroatoms. The summed E-state index contributed by atoms with van der Waals surface area (Å²) in [6.07, 6.45) is 3.95. The van der Waals surface area contributed by atoms with Crippen LogP contribution in [0.3, 0.4) is 0 Å². The van der Waals surface area contributed by atoms with Gasteiger partial charge in [0.25, 0.3) is 0 Å². The molecule has 5 rings (SSSR count). The predicted molar refractivity (Wildman–Crippen MR) is 152 cm³/mol. The summed E-state index contributed by atoms with van der Waals surface area (Å²) in [6, 6.07) is 23.5. The molecule has 0 saturated heterocycles. The Balaban J connectivity index is 0.00000353. The maximum Gasteiger partial charge on any atom is 0.243 e. The van der Waals surface area contributed by atoms with Crippen molar-refractivity contribution in [3.8, 4) is 11.8 Å². The van der Waals surface area contributed by atoms with Crippen LogP contribution in [0.1, 0.15) is 29.3 Å². The Hall–Kier alpha value is -3.84. The van der Waals surface area contributed by atoms with E-state index in [1.807, 2.05) is 49.5 Å². The molecule has 202 valence electrons. The number of anilines is 1. The summed E-state index contributed by atoms with van der Waals surface area (Å²) in [5, 5.41) is 9.54. The van der Waals surface area contributed by atoms with E-state index in [-0.39, 0.29) is 23.8 Å². The minimum atomic E-state index is -3.87. The van der Waals surface area contributed by atoms with Crippen LogP contribution in [0.25, 0.3) is 0 Å². The lowest BCUT2D eigenvalue weighted by Gasteiger charge is -2.40. The number of aromatic amines is 1. The van der Waals surface area contributed by atoms with Gasteiger partial charge in [0.05, 0.1) is 41.7 Å². The zero-order chi connectivity index (χ0) is 26.5. The van der Waals surface area contributed by atoms with Crippen LogP contribution < -0.4 is 9.64 Å². The molecular formula is C29H30ClN5O3S. The fourth-order valence-electron chi connectivity index (χ4n) is 4.95. The number of benzene rings is 3. The van der Waals surface area contributed by atoms with Crippen molar-refractivity contribution in [1.29, 1.82) is 5.26 Å². The molecule has 39 heavy (non-hydrogen) atoms. The van der Waals surface area contributed by atoms with Gasteiger partial charge in [-0.15, -0.1) is 12.4 Å². The van der Waals surface area contributed by atoms with E-state index >= 15 is 0 Å². The van der Waals surface area contributed by atoms with Crippen molar-refractivity contribution in [1.82, 2.24) is 14.3 Å². The van der Waals surface area contributed by atoms with Crippen LogP contribution in [-0.2, 0) is 29.5 Å². The van der Waals surface area contributed by atoms with Gasteiger partial charge in [-0.05, 0) is 55.3 Å². The second-order valence-corrected chi connectivity index (χ2v) is 11.0. The number of ether oxygens (including phenoxy) is 1. The Labute approximate surface area is 235 Å². The predicted octanol–water partition coefficient (Wildman–Crippen LogP) is 4.92. The molecule has 1 aliphatic rings. The molecule has 1 atom stereocenters. The first-order chi connectivity index (χ1) is 18.5. The molecule has 0 amide bonds. The highest BCUT2D eigenvalue weighted by atomic mass is 35.5. The lowest BCUT2D eigenvalue weighted by atomic mass is 9.95. The number of para-hydroxylation sites is 1. The van der Waals surface area contributed by atoms with Crippen molar-refractivity contribution < 1.29 is 13.2 Å². The number of hydrogen-bond donors (Lipinski definition) is 1. The van der Waals surface area contributed by atoms with Gasteiger partial charge in [0, 0.05) is 36.6 Å². The van der Waals surface area contributed by atoms with Crippen LogP contribution in [0.15, 0.2) is 90.2 Å². The summed E-state index contributed by atoms with van der Waals surface area (Å²) in [5.41, 5.74) is 4.10. The van der Waals surface area contributed by atoms with Gasteiger partial charge in [0.1, 0.15) is 5.75 Å². The van der Waals surface area contributed by atoms with Crippen molar-refractivity contribution in [2.45, 2.75) is 37.4 Å². The molecule has 1 N–H and O–H groups in total. The molecule has 0 aliphatic carbocycles. The molecule has 1 aliphatic heterocycles. The number of nitrogens with one attached hydrogen (secondary N) is 1. The highest BCUT2D eigenvalue weighted by Crippen LogP contribution is 2.34. The standard InChI is InChI=1S/C29H29N5O3S.ClH/c1-2-37-29-11-7-6-8-23(29)18-34(38(35,36)27-9-4-3-5-10-27)26-15-24-14-22(16-30)12-13-28(24)33(20-26)19-25-17-31-21-32-25;/h3-14,17,21,26H,2,15,18-20H2,1H3,(H,31,32);1H. The first-order valence-corrected chi connectivity index (χ1v) is 14.0. The second kappa shape index (κ2) is 12.3. The average molecular weight is 564 g/mol. The zero-order valence-corrected chi connectivity index (χ0v) is 23.2. The number of H-pyrrole nitrogens is 1. The van der Waals surface area contributed by atoms with E-state index in [0.717, 1.165) is 22.5 Å². The molecule has 2 heterocycles. The number of hydrogen-bond acceptors (Lipinski definition) is 6. The van der Waals surface area contributed by atoms with Crippen molar-refractivity contribution in [3.05, 3.63) is 108 Å². The summed E-state index contributed by atoms with van der Waals surface area (Å²) in [4.78, 5) is 9.76. The van der Waals surface area contributed by atoms with Crippen molar-refractivity contribution in [2.75, 3.05) is 18.1 Å². The van der Waals surface area contributed by atoms with Crippen molar-refractivity contribution >= 4 is 28.1 Å². The van der Waals surface area contributed by atoms with Gasteiger partial charge in [-0.25, -0.2) is 13.4 Å². The Bertz CT molecular complexity index is 1540. The van der Waals surface area contributed by atoms with E-state index in [4.69, 9.17) is 4.74 Å². The number of aromatic nitrogens is 2. The summed E-state index contributed by atoms with van der Waals surface area (Å²) in [6.45, 7) is 3.52. The number of halogens is 1. The number of rotatable bonds is 9. The molecule has 1 unspecified atom stereocenters. The van der Waals surface area contributed by atoms with Crippen LogP contribution in [-0.4, -0.2) is 41.9 Å². The first kappa shape index (κ1) is 28.2. The minimum Gasteiger partial charge on any atom is -0.494 e. The number of imidazole rings is 1. The average Bonchev–Trinajstić information content (AvgIpc) is 3.45. The molecule has 4 aromatic rings. The lowest BCUT2D eigenvalue weighted by molar-refractivity contribution is 0.291. The van der Waals surface area contributed by atoms with Crippen LogP contribution in [0, 0.1) is 11.3 Å². The Morgan fingerprint density at radius 2 is 1.90 bits per heavy atom. The lowest BCUT2D eigenvalue weighted by Crippen LogP contribution is -2.50. The summed E-state index contributed by atoms with van der Waals surface area (Å²) in [5.74, 6) is 0.666. The largest absolute Gasteiger partial charge is 0.494 e. The maximum atomic E-state index is 14.2. The summed E-state index contributed by atoms with van der Waals surface area (Å²) >= 11 is 0. The Morgan fingerprint density at radius 3 is 2.62 bits per heavy atom. The first-order valence-electron chi connectivity index (χ1n) is 12.5. The smallest absolute Gasteiger partial charge is 0.243 e. The third-order valence-corrected chi connectivity index (χ3v) is 8.61. The molecule has 0 saturated carbocycles. The van der Waals surface area contributed by atoms with E-state index in [0.29, 0.717) is 37.4 Å². The minimum absolute atomic E-state index is 0. The molecule has 3 aromatic carbocycles.